The van der Waals surface area contributed by atoms with Crippen LogP contribution in [0.15, 0.2) is 18.2 Å². The van der Waals surface area contributed by atoms with E-state index in [2.05, 4.69) is 19.2 Å². The molecule has 1 aromatic carbocycles. The average molecular weight is 287 g/mol. The molecule has 0 saturated heterocycles. The summed E-state index contributed by atoms with van der Waals surface area (Å²) in [6.07, 6.45) is 0.575. The Kier molecular flexibility index (Phi) is 6.52. The van der Waals surface area contributed by atoms with E-state index in [9.17, 15) is 13.9 Å². The normalized spacial score (nSPS) is 13.5. The Labute approximate surface area is 118 Å². The van der Waals surface area contributed by atoms with Crippen LogP contribution in [0.25, 0.3) is 0 Å². The predicted molar refractivity (Wildman–Crippen MR) is 74.3 cm³/mol. The van der Waals surface area contributed by atoms with Gasteiger partial charge in [-0.25, -0.2) is 8.78 Å². The van der Waals surface area contributed by atoms with Gasteiger partial charge in [0.05, 0.1) is 6.10 Å². The topological polar surface area (TPSA) is 52.5 Å². The summed E-state index contributed by atoms with van der Waals surface area (Å²) < 4.78 is 26.3. The van der Waals surface area contributed by atoms with Crippen molar-refractivity contribution in [2.45, 2.75) is 32.8 Å². The van der Waals surface area contributed by atoms with E-state index in [4.69, 9.17) is 5.11 Å². The van der Waals surface area contributed by atoms with Gasteiger partial charge in [-0.1, -0.05) is 19.9 Å². The highest BCUT2D eigenvalue weighted by molar-refractivity contribution is 5.21. The molecule has 0 aliphatic rings. The van der Waals surface area contributed by atoms with E-state index >= 15 is 0 Å². The number of hydrogen-bond donors (Lipinski definition) is 3. The second-order valence-corrected chi connectivity index (χ2v) is 5.80. The van der Waals surface area contributed by atoms with Gasteiger partial charge >= 0.3 is 0 Å². The van der Waals surface area contributed by atoms with Gasteiger partial charge in [-0.2, -0.15) is 0 Å². The Bertz CT molecular complexity index is 424. The van der Waals surface area contributed by atoms with Crippen molar-refractivity contribution in [2.24, 2.45) is 5.41 Å². The molecule has 0 spiro atoms. The third kappa shape index (κ3) is 5.53. The zero-order valence-electron chi connectivity index (χ0n) is 12.0. The van der Waals surface area contributed by atoms with Crippen molar-refractivity contribution in [3.8, 4) is 0 Å². The van der Waals surface area contributed by atoms with E-state index < -0.39 is 17.7 Å². The molecule has 0 fully saturated rings. The summed E-state index contributed by atoms with van der Waals surface area (Å²) in [7, 11) is 0. The van der Waals surface area contributed by atoms with Gasteiger partial charge in [-0.15, -0.1) is 0 Å². The first kappa shape index (κ1) is 17.0. The molecule has 20 heavy (non-hydrogen) atoms. The Balaban J connectivity index is 2.45. The molecule has 5 heteroatoms. The quantitative estimate of drug-likeness (QED) is 0.688. The number of rotatable bonds is 8. The van der Waals surface area contributed by atoms with Gasteiger partial charge in [0.1, 0.15) is 11.6 Å². The van der Waals surface area contributed by atoms with Gasteiger partial charge in [-0.05, 0) is 24.3 Å². The van der Waals surface area contributed by atoms with Crippen molar-refractivity contribution in [3.05, 3.63) is 35.4 Å². The molecular formula is C15H23F2NO2. The molecule has 0 aliphatic heterocycles. The maximum absolute atomic E-state index is 13.5. The zero-order valence-corrected chi connectivity index (χ0v) is 12.0. The van der Waals surface area contributed by atoms with Gasteiger partial charge in [0.15, 0.2) is 0 Å². The minimum Gasteiger partial charge on any atom is -0.396 e. The summed E-state index contributed by atoms with van der Waals surface area (Å²) in [5.74, 6) is -1.39. The van der Waals surface area contributed by atoms with Crippen LogP contribution in [0.5, 0.6) is 0 Å². The van der Waals surface area contributed by atoms with Crippen LogP contribution >= 0.6 is 0 Å². The highest BCUT2D eigenvalue weighted by atomic mass is 19.1. The Morgan fingerprint density at radius 2 is 2.00 bits per heavy atom. The molecule has 1 aromatic rings. The van der Waals surface area contributed by atoms with Crippen LogP contribution in [0, 0.1) is 17.0 Å². The van der Waals surface area contributed by atoms with Gasteiger partial charge < -0.3 is 15.5 Å². The fraction of sp³-hybridized carbons (Fsp3) is 0.600. The molecule has 3 nitrogen and oxygen atoms in total. The molecule has 114 valence electrons. The van der Waals surface area contributed by atoms with Crippen molar-refractivity contribution in [1.29, 1.82) is 0 Å². The van der Waals surface area contributed by atoms with E-state index in [-0.39, 0.29) is 24.1 Å². The van der Waals surface area contributed by atoms with Crippen molar-refractivity contribution in [3.63, 3.8) is 0 Å². The van der Waals surface area contributed by atoms with E-state index in [1.165, 1.54) is 6.07 Å². The lowest BCUT2D eigenvalue weighted by atomic mass is 9.88. The number of halogens is 2. The summed E-state index contributed by atoms with van der Waals surface area (Å²) in [5, 5.41) is 21.8. The standard InChI is InChI=1S/C15H23F2NO2/c1-15(2,6-3-7-19)10-18-9-14(20)12-5-4-11(16)8-13(12)17/h4-5,8,14,18-20H,3,6-7,9-10H2,1-2H3. The fourth-order valence-electron chi connectivity index (χ4n) is 2.07. The van der Waals surface area contributed by atoms with Gasteiger partial charge in [0, 0.05) is 31.3 Å². The maximum atomic E-state index is 13.5. The van der Waals surface area contributed by atoms with Crippen molar-refractivity contribution >= 4 is 0 Å². The first-order valence-corrected chi connectivity index (χ1v) is 6.80. The molecule has 0 amide bonds. The fourth-order valence-corrected chi connectivity index (χ4v) is 2.07. The third-order valence-electron chi connectivity index (χ3n) is 3.27. The molecule has 0 aliphatic carbocycles. The molecule has 1 unspecified atom stereocenters. The molecule has 0 saturated carbocycles. The lowest BCUT2D eigenvalue weighted by Crippen LogP contribution is -2.32. The van der Waals surface area contributed by atoms with E-state index in [1.807, 2.05) is 0 Å². The largest absolute Gasteiger partial charge is 0.396 e. The first-order valence-electron chi connectivity index (χ1n) is 6.80. The Hall–Kier alpha value is -1.04. The van der Waals surface area contributed by atoms with E-state index in [1.54, 1.807) is 0 Å². The van der Waals surface area contributed by atoms with Gasteiger partial charge in [-0.3, -0.25) is 0 Å². The monoisotopic (exact) mass is 287 g/mol. The summed E-state index contributed by atoms with van der Waals surface area (Å²) in [4.78, 5) is 0. The smallest absolute Gasteiger partial charge is 0.131 e. The summed E-state index contributed by atoms with van der Waals surface area (Å²) >= 11 is 0. The molecule has 1 atom stereocenters. The van der Waals surface area contributed by atoms with Crippen LogP contribution in [0.1, 0.15) is 38.4 Å². The second-order valence-electron chi connectivity index (χ2n) is 5.80. The van der Waals surface area contributed by atoms with Crippen molar-refractivity contribution in [2.75, 3.05) is 19.7 Å². The summed E-state index contributed by atoms with van der Waals surface area (Å²) in [6, 6.07) is 3.16. The van der Waals surface area contributed by atoms with E-state index in [0.29, 0.717) is 6.54 Å². The molecule has 3 N–H and O–H groups in total. The highest BCUT2D eigenvalue weighted by Gasteiger charge is 2.18. The van der Waals surface area contributed by atoms with Gasteiger partial charge in [0.25, 0.3) is 0 Å². The molecule has 0 radical (unpaired) electrons. The van der Waals surface area contributed by atoms with Crippen molar-refractivity contribution < 1.29 is 19.0 Å². The second kappa shape index (κ2) is 7.67. The Morgan fingerprint density at radius 1 is 1.30 bits per heavy atom. The predicted octanol–water partition coefficient (Wildman–Crippen LogP) is 2.39. The minimum atomic E-state index is -1.01. The van der Waals surface area contributed by atoms with Crippen LogP contribution in [-0.4, -0.2) is 29.9 Å². The minimum absolute atomic E-state index is 0.0101. The SMILES string of the molecule is CC(C)(CCCO)CNCC(O)c1ccc(F)cc1F. The van der Waals surface area contributed by atoms with Crippen LogP contribution in [0.4, 0.5) is 8.78 Å². The summed E-state index contributed by atoms with van der Waals surface area (Å²) in [6.45, 7) is 5.12. The van der Waals surface area contributed by atoms with Crippen LogP contribution in [0.2, 0.25) is 0 Å². The highest BCUT2D eigenvalue weighted by Crippen LogP contribution is 2.22. The number of hydrogen-bond acceptors (Lipinski definition) is 3. The van der Waals surface area contributed by atoms with E-state index in [0.717, 1.165) is 25.0 Å². The third-order valence-corrected chi connectivity index (χ3v) is 3.27. The number of aliphatic hydroxyl groups excluding tert-OH is 2. The maximum Gasteiger partial charge on any atom is 0.131 e. The summed E-state index contributed by atoms with van der Waals surface area (Å²) in [5.41, 5.74) is 0.0797. The number of nitrogens with one attached hydrogen (secondary N) is 1. The molecule has 1 rings (SSSR count). The number of benzene rings is 1. The molecule has 0 heterocycles. The van der Waals surface area contributed by atoms with Gasteiger partial charge in [0.2, 0.25) is 0 Å². The lowest BCUT2D eigenvalue weighted by Gasteiger charge is -2.25. The zero-order chi connectivity index (χ0) is 15.2. The van der Waals surface area contributed by atoms with Crippen LogP contribution < -0.4 is 5.32 Å². The van der Waals surface area contributed by atoms with Crippen LogP contribution in [0.3, 0.4) is 0 Å². The Morgan fingerprint density at radius 3 is 2.60 bits per heavy atom. The molecular weight excluding hydrogens is 264 g/mol. The van der Waals surface area contributed by atoms with Crippen molar-refractivity contribution in [1.82, 2.24) is 5.32 Å². The number of aliphatic hydroxyl groups is 2. The lowest BCUT2D eigenvalue weighted by molar-refractivity contribution is 0.161. The average Bonchev–Trinajstić information content (AvgIpc) is 2.36. The van der Waals surface area contributed by atoms with Crippen LogP contribution in [-0.2, 0) is 0 Å². The molecule has 0 aromatic heterocycles. The first-order chi connectivity index (χ1) is 9.35. The molecule has 0 bridgehead atoms.